The highest BCUT2D eigenvalue weighted by atomic mass is 16.5. The van der Waals surface area contributed by atoms with Gasteiger partial charge >= 0.3 is 0 Å². The van der Waals surface area contributed by atoms with Crippen molar-refractivity contribution in [1.29, 1.82) is 0 Å². The zero-order chi connectivity index (χ0) is 20.9. The number of ether oxygens (including phenoxy) is 1. The van der Waals surface area contributed by atoms with Gasteiger partial charge in [-0.2, -0.15) is 0 Å². The van der Waals surface area contributed by atoms with Gasteiger partial charge in [-0.25, -0.2) is 0 Å². The summed E-state index contributed by atoms with van der Waals surface area (Å²) in [6.07, 6.45) is 0.368. The van der Waals surface area contributed by atoms with E-state index in [1.165, 1.54) is 5.56 Å². The van der Waals surface area contributed by atoms with Crippen molar-refractivity contribution >= 4 is 22.2 Å². The van der Waals surface area contributed by atoms with Gasteiger partial charge in [0.15, 0.2) is 5.78 Å². The lowest BCUT2D eigenvalue weighted by Gasteiger charge is -2.20. The Morgan fingerprint density at radius 3 is 2.27 bits per heavy atom. The fourth-order valence-electron chi connectivity index (χ4n) is 3.61. The lowest BCUT2D eigenvalue weighted by Crippen LogP contribution is -2.16. The van der Waals surface area contributed by atoms with Crippen LogP contribution in [0.1, 0.15) is 33.9 Å². The zero-order valence-electron chi connectivity index (χ0n) is 17.3. The van der Waals surface area contributed by atoms with Crippen LogP contribution in [0.25, 0.3) is 10.8 Å². The lowest BCUT2D eigenvalue weighted by molar-refractivity contribution is 0.0976. The number of carbonyl (C=O) groups excluding carboxylic acids is 1. The fourth-order valence-corrected chi connectivity index (χ4v) is 3.61. The first kappa shape index (κ1) is 19.7. The summed E-state index contributed by atoms with van der Waals surface area (Å²) in [6, 6.07) is 30.0. The number of ketones is 1. The predicted molar refractivity (Wildman–Crippen MR) is 123 cm³/mol. The van der Waals surface area contributed by atoms with E-state index in [1.807, 2.05) is 60.7 Å². The molecule has 4 aromatic carbocycles. The van der Waals surface area contributed by atoms with Gasteiger partial charge in [-0.15, -0.1) is 0 Å². The molecule has 0 radical (unpaired) electrons. The number of benzene rings is 4. The standard InChI is InChI=1S/C27H25NO2/c1-19-7-9-21(10-8-19)26(28-24-13-15-25(30-2)16-14-24)18-27(29)23-12-11-20-5-3-4-6-22(20)17-23/h3-17,26,28H,18H2,1-2H3. The maximum atomic E-state index is 13.2. The van der Waals surface area contributed by atoms with E-state index < -0.39 is 0 Å². The van der Waals surface area contributed by atoms with E-state index in [0.717, 1.165) is 33.3 Å². The lowest BCUT2D eigenvalue weighted by atomic mass is 9.95. The topological polar surface area (TPSA) is 38.3 Å². The molecule has 0 amide bonds. The van der Waals surface area contributed by atoms with E-state index >= 15 is 0 Å². The summed E-state index contributed by atoms with van der Waals surface area (Å²) in [7, 11) is 1.65. The molecule has 0 aliphatic heterocycles. The Bertz CT molecular complexity index is 1150. The number of carbonyl (C=O) groups is 1. The molecule has 0 aliphatic carbocycles. The minimum Gasteiger partial charge on any atom is -0.497 e. The van der Waals surface area contributed by atoms with E-state index in [9.17, 15) is 4.79 Å². The number of anilines is 1. The van der Waals surface area contributed by atoms with Gasteiger partial charge < -0.3 is 10.1 Å². The molecule has 0 heterocycles. The minimum atomic E-state index is -0.127. The molecule has 0 bridgehead atoms. The van der Waals surface area contributed by atoms with Gasteiger partial charge in [0.25, 0.3) is 0 Å². The van der Waals surface area contributed by atoms with Crippen LogP contribution in [0.4, 0.5) is 5.69 Å². The van der Waals surface area contributed by atoms with E-state index in [1.54, 1.807) is 7.11 Å². The molecule has 4 rings (SSSR count). The number of methoxy groups -OCH3 is 1. The highest BCUT2D eigenvalue weighted by Crippen LogP contribution is 2.27. The minimum absolute atomic E-state index is 0.118. The highest BCUT2D eigenvalue weighted by molar-refractivity contribution is 6.00. The SMILES string of the molecule is COc1ccc(NC(CC(=O)c2ccc3ccccc3c2)c2ccc(C)cc2)cc1. The maximum absolute atomic E-state index is 13.2. The fraction of sp³-hybridized carbons (Fsp3) is 0.148. The molecule has 0 aliphatic rings. The highest BCUT2D eigenvalue weighted by Gasteiger charge is 2.18. The molecule has 3 heteroatoms. The largest absolute Gasteiger partial charge is 0.497 e. The summed E-state index contributed by atoms with van der Waals surface area (Å²) in [4.78, 5) is 13.2. The second-order valence-corrected chi connectivity index (χ2v) is 7.53. The third-order valence-corrected chi connectivity index (χ3v) is 5.37. The molecule has 4 aromatic rings. The van der Waals surface area contributed by atoms with Crippen LogP contribution in [0, 0.1) is 6.92 Å². The molecular formula is C27H25NO2. The molecule has 0 saturated carbocycles. The Morgan fingerprint density at radius 1 is 0.867 bits per heavy atom. The van der Waals surface area contributed by atoms with Crippen molar-refractivity contribution in [3.05, 3.63) is 108 Å². The number of hydrogen-bond donors (Lipinski definition) is 1. The quantitative estimate of drug-likeness (QED) is 0.359. The average Bonchev–Trinajstić information content (AvgIpc) is 2.79. The molecule has 0 aromatic heterocycles. The average molecular weight is 396 g/mol. The van der Waals surface area contributed by atoms with Gasteiger partial charge in [0.05, 0.1) is 13.2 Å². The van der Waals surface area contributed by atoms with Gasteiger partial charge in [-0.1, -0.05) is 66.2 Å². The molecule has 3 nitrogen and oxygen atoms in total. The zero-order valence-corrected chi connectivity index (χ0v) is 17.3. The third kappa shape index (κ3) is 4.52. The monoisotopic (exact) mass is 395 g/mol. The van der Waals surface area contributed by atoms with Crippen molar-refractivity contribution in [2.24, 2.45) is 0 Å². The summed E-state index contributed by atoms with van der Waals surface area (Å²) < 4.78 is 5.25. The summed E-state index contributed by atoms with van der Waals surface area (Å²) in [5.41, 5.74) is 3.98. The summed E-state index contributed by atoms with van der Waals surface area (Å²) in [6.45, 7) is 2.07. The van der Waals surface area contributed by atoms with Crippen molar-refractivity contribution in [3.63, 3.8) is 0 Å². The summed E-state index contributed by atoms with van der Waals surface area (Å²) in [5.74, 6) is 0.923. The van der Waals surface area contributed by atoms with Gasteiger partial charge in [0.1, 0.15) is 5.75 Å². The van der Waals surface area contributed by atoms with Crippen LogP contribution in [0.3, 0.4) is 0 Å². The number of fused-ring (bicyclic) bond motifs is 1. The van der Waals surface area contributed by atoms with E-state index in [4.69, 9.17) is 4.74 Å². The van der Waals surface area contributed by atoms with Crippen molar-refractivity contribution < 1.29 is 9.53 Å². The van der Waals surface area contributed by atoms with Crippen LogP contribution in [0.2, 0.25) is 0 Å². The maximum Gasteiger partial charge on any atom is 0.165 e. The van der Waals surface area contributed by atoms with Gasteiger partial charge in [-0.3, -0.25) is 4.79 Å². The Hall–Kier alpha value is -3.59. The van der Waals surface area contributed by atoms with Crippen LogP contribution < -0.4 is 10.1 Å². The Labute approximate surface area is 177 Å². The molecule has 0 saturated heterocycles. The molecule has 1 atom stereocenters. The predicted octanol–water partition coefficient (Wildman–Crippen LogP) is 6.58. The second-order valence-electron chi connectivity index (χ2n) is 7.53. The van der Waals surface area contributed by atoms with Gasteiger partial charge in [0.2, 0.25) is 0 Å². The van der Waals surface area contributed by atoms with E-state index in [0.29, 0.717) is 6.42 Å². The Kier molecular flexibility index (Phi) is 5.80. The van der Waals surface area contributed by atoms with Crippen molar-refractivity contribution in [2.45, 2.75) is 19.4 Å². The van der Waals surface area contributed by atoms with Crippen LogP contribution in [-0.4, -0.2) is 12.9 Å². The number of Topliss-reactive ketones (excluding diaryl/α,β-unsaturated/α-hetero) is 1. The number of rotatable bonds is 7. The normalized spacial score (nSPS) is 11.8. The first-order valence-corrected chi connectivity index (χ1v) is 10.1. The molecule has 150 valence electrons. The molecule has 1 unspecified atom stereocenters. The molecular weight excluding hydrogens is 370 g/mol. The summed E-state index contributed by atoms with van der Waals surface area (Å²) >= 11 is 0. The van der Waals surface area contributed by atoms with Crippen LogP contribution in [-0.2, 0) is 0 Å². The van der Waals surface area contributed by atoms with Gasteiger partial charge in [0, 0.05) is 17.7 Å². The van der Waals surface area contributed by atoms with Crippen LogP contribution in [0.5, 0.6) is 5.75 Å². The van der Waals surface area contributed by atoms with E-state index in [2.05, 4.69) is 42.6 Å². The number of aryl methyl sites for hydroxylation is 1. The van der Waals surface area contributed by atoms with Crippen LogP contribution >= 0.6 is 0 Å². The van der Waals surface area contributed by atoms with Crippen molar-refractivity contribution in [1.82, 2.24) is 0 Å². The van der Waals surface area contributed by atoms with Crippen molar-refractivity contribution in [2.75, 3.05) is 12.4 Å². The molecule has 0 fully saturated rings. The first-order valence-electron chi connectivity index (χ1n) is 10.1. The molecule has 30 heavy (non-hydrogen) atoms. The molecule has 0 spiro atoms. The van der Waals surface area contributed by atoms with Gasteiger partial charge in [-0.05, 0) is 53.6 Å². The summed E-state index contributed by atoms with van der Waals surface area (Å²) in [5, 5.41) is 5.75. The number of nitrogens with one attached hydrogen (secondary N) is 1. The first-order chi connectivity index (χ1) is 14.6. The van der Waals surface area contributed by atoms with Crippen molar-refractivity contribution in [3.8, 4) is 5.75 Å². The van der Waals surface area contributed by atoms with Crippen LogP contribution in [0.15, 0.2) is 91.0 Å². The second kappa shape index (κ2) is 8.83. The smallest absolute Gasteiger partial charge is 0.165 e. The van der Waals surface area contributed by atoms with E-state index in [-0.39, 0.29) is 11.8 Å². The Morgan fingerprint density at radius 2 is 1.57 bits per heavy atom. The molecule has 1 N–H and O–H groups in total. The number of hydrogen-bond acceptors (Lipinski definition) is 3. The Balaban J connectivity index is 1.60. The third-order valence-electron chi connectivity index (χ3n) is 5.37.